The van der Waals surface area contributed by atoms with Gasteiger partial charge in [0.25, 0.3) is 0 Å². The third kappa shape index (κ3) is 3.96. The molecule has 4 heteroatoms. The van der Waals surface area contributed by atoms with E-state index in [2.05, 4.69) is 120 Å². The van der Waals surface area contributed by atoms with Gasteiger partial charge in [0.1, 0.15) is 0 Å². The van der Waals surface area contributed by atoms with E-state index in [-0.39, 0.29) is 0 Å². The first-order valence-electron chi connectivity index (χ1n) is 14.8. The predicted molar refractivity (Wildman–Crippen MR) is 186 cm³/mol. The molecule has 3 aromatic heterocycles. The standard InChI is InChI=1S/C40H25N3S/c1-3-11-26(12-4-1)34-25-35(27-13-5-2-6-14-27)42-40(41-34)28-19-21-29(22-20-28)43-36-17-9-7-15-30(36)32-23-24-33-31-16-8-10-18-37(31)44-39(33)38(32)43/h1-25H. The molecule has 0 spiro atoms. The Morgan fingerprint density at radius 3 is 1.75 bits per heavy atom. The highest BCUT2D eigenvalue weighted by Gasteiger charge is 2.18. The number of benzene rings is 6. The summed E-state index contributed by atoms with van der Waals surface area (Å²) < 4.78 is 5.05. The van der Waals surface area contributed by atoms with E-state index < -0.39 is 0 Å². The summed E-state index contributed by atoms with van der Waals surface area (Å²) in [5.41, 5.74) is 8.52. The highest BCUT2D eigenvalue weighted by Crippen LogP contribution is 2.43. The third-order valence-electron chi connectivity index (χ3n) is 8.43. The topological polar surface area (TPSA) is 30.7 Å². The van der Waals surface area contributed by atoms with Gasteiger partial charge >= 0.3 is 0 Å². The van der Waals surface area contributed by atoms with E-state index in [4.69, 9.17) is 9.97 Å². The fourth-order valence-corrected chi connectivity index (χ4v) is 7.59. The van der Waals surface area contributed by atoms with Gasteiger partial charge in [-0.05, 0) is 42.5 Å². The lowest BCUT2D eigenvalue weighted by Gasteiger charge is -2.11. The smallest absolute Gasteiger partial charge is 0.160 e. The van der Waals surface area contributed by atoms with Gasteiger partial charge in [0.05, 0.1) is 27.1 Å². The molecule has 0 radical (unpaired) electrons. The van der Waals surface area contributed by atoms with Crippen molar-refractivity contribution in [2.24, 2.45) is 0 Å². The van der Waals surface area contributed by atoms with E-state index in [0.29, 0.717) is 5.82 Å². The van der Waals surface area contributed by atoms with Crippen molar-refractivity contribution < 1.29 is 0 Å². The average molecular weight is 580 g/mol. The molecule has 44 heavy (non-hydrogen) atoms. The van der Waals surface area contributed by atoms with Crippen molar-refractivity contribution in [3.63, 3.8) is 0 Å². The Bertz CT molecular complexity index is 2420. The van der Waals surface area contributed by atoms with Crippen molar-refractivity contribution >= 4 is 53.3 Å². The van der Waals surface area contributed by atoms with Gasteiger partial charge in [-0.25, -0.2) is 9.97 Å². The van der Waals surface area contributed by atoms with Crippen LogP contribution in [0, 0.1) is 0 Å². The summed E-state index contributed by atoms with van der Waals surface area (Å²) in [7, 11) is 0. The molecular formula is C40H25N3S. The first kappa shape index (κ1) is 25.0. The fourth-order valence-electron chi connectivity index (χ4n) is 6.35. The van der Waals surface area contributed by atoms with Crippen molar-refractivity contribution in [2.75, 3.05) is 0 Å². The molecule has 0 saturated carbocycles. The molecule has 9 aromatic rings. The first-order valence-corrected chi connectivity index (χ1v) is 15.6. The number of hydrogen-bond acceptors (Lipinski definition) is 3. The van der Waals surface area contributed by atoms with Crippen molar-refractivity contribution in [2.45, 2.75) is 0 Å². The maximum atomic E-state index is 5.04. The molecule has 0 aliphatic heterocycles. The molecule has 0 N–H and O–H groups in total. The molecule has 0 aliphatic carbocycles. The highest BCUT2D eigenvalue weighted by molar-refractivity contribution is 7.26. The Labute approximate surface area is 258 Å². The van der Waals surface area contributed by atoms with Crippen LogP contribution in [0.5, 0.6) is 0 Å². The summed E-state index contributed by atoms with van der Waals surface area (Å²) in [6.45, 7) is 0. The van der Waals surface area contributed by atoms with E-state index in [0.717, 1.165) is 33.8 Å². The molecule has 6 aromatic carbocycles. The normalized spacial score (nSPS) is 11.6. The lowest BCUT2D eigenvalue weighted by atomic mass is 10.1. The second kappa shape index (κ2) is 10.0. The van der Waals surface area contributed by atoms with Crippen LogP contribution in [0.3, 0.4) is 0 Å². The Hall–Kier alpha value is -5.58. The van der Waals surface area contributed by atoms with Crippen LogP contribution >= 0.6 is 11.3 Å². The Kier molecular flexibility index (Phi) is 5.68. The van der Waals surface area contributed by atoms with Crippen molar-refractivity contribution in [1.82, 2.24) is 14.5 Å². The Morgan fingerprint density at radius 1 is 0.455 bits per heavy atom. The average Bonchev–Trinajstić information content (AvgIpc) is 3.65. The largest absolute Gasteiger partial charge is 0.308 e. The summed E-state index contributed by atoms with van der Waals surface area (Å²) in [5, 5.41) is 5.15. The van der Waals surface area contributed by atoms with E-state index in [1.54, 1.807) is 0 Å². The zero-order valence-corrected chi connectivity index (χ0v) is 24.5. The van der Waals surface area contributed by atoms with E-state index in [1.165, 1.54) is 42.0 Å². The van der Waals surface area contributed by atoms with Gasteiger partial charge in [0.15, 0.2) is 5.82 Å². The molecule has 0 aliphatic rings. The second-order valence-corrected chi connectivity index (χ2v) is 12.1. The third-order valence-corrected chi connectivity index (χ3v) is 9.62. The van der Waals surface area contributed by atoms with Crippen molar-refractivity contribution in [3.05, 3.63) is 152 Å². The maximum Gasteiger partial charge on any atom is 0.160 e. The van der Waals surface area contributed by atoms with E-state index >= 15 is 0 Å². The number of aromatic nitrogens is 3. The van der Waals surface area contributed by atoms with Crippen LogP contribution in [0.4, 0.5) is 0 Å². The summed E-state index contributed by atoms with van der Waals surface area (Å²) >= 11 is 1.87. The minimum absolute atomic E-state index is 0.714. The first-order chi connectivity index (χ1) is 21.8. The molecule has 0 atom stereocenters. The fraction of sp³-hybridized carbons (Fsp3) is 0. The van der Waals surface area contributed by atoms with Crippen LogP contribution in [0.15, 0.2) is 152 Å². The number of fused-ring (bicyclic) bond motifs is 7. The highest BCUT2D eigenvalue weighted by atomic mass is 32.1. The molecule has 0 amide bonds. The SMILES string of the molecule is c1ccc(-c2cc(-c3ccccc3)nc(-c3ccc(-n4c5ccccc5c5ccc6c7ccccc7sc6c54)cc3)n2)cc1. The van der Waals surface area contributed by atoms with E-state index in [1.807, 2.05) is 47.7 Å². The molecule has 0 bridgehead atoms. The summed E-state index contributed by atoms with van der Waals surface area (Å²) in [5.74, 6) is 0.714. The number of para-hydroxylation sites is 1. The molecule has 0 saturated heterocycles. The van der Waals surface area contributed by atoms with Gasteiger partial charge in [-0.3, -0.25) is 0 Å². The van der Waals surface area contributed by atoms with Crippen LogP contribution in [-0.2, 0) is 0 Å². The minimum atomic E-state index is 0.714. The van der Waals surface area contributed by atoms with Crippen molar-refractivity contribution in [1.29, 1.82) is 0 Å². The lowest BCUT2D eigenvalue weighted by molar-refractivity contribution is 1.17. The Morgan fingerprint density at radius 2 is 1.05 bits per heavy atom. The van der Waals surface area contributed by atoms with Gasteiger partial charge in [-0.2, -0.15) is 0 Å². The van der Waals surface area contributed by atoms with Gasteiger partial charge in [-0.15, -0.1) is 11.3 Å². The van der Waals surface area contributed by atoms with Crippen LogP contribution in [-0.4, -0.2) is 14.5 Å². The molecule has 206 valence electrons. The zero-order chi connectivity index (χ0) is 29.0. The molecule has 3 nitrogen and oxygen atoms in total. The summed E-state index contributed by atoms with van der Waals surface area (Å²) in [6, 6.07) is 53.4. The predicted octanol–water partition coefficient (Wildman–Crippen LogP) is 10.9. The summed E-state index contributed by atoms with van der Waals surface area (Å²) in [6.07, 6.45) is 0. The van der Waals surface area contributed by atoms with Crippen LogP contribution < -0.4 is 0 Å². The molecular weight excluding hydrogens is 555 g/mol. The number of thiophene rings is 1. The quantitative estimate of drug-likeness (QED) is 0.208. The van der Waals surface area contributed by atoms with Gasteiger partial charge in [0, 0.05) is 48.6 Å². The van der Waals surface area contributed by atoms with E-state index in [9.17, 15) is 0 Å². The molecule has 0 unspecified atom stereocenters. The lowest BCUT2D eigenvalue weighted by Crippen LogP contribution is -1.97. The maximum absolute atomic E-state index is 5.04. The molecule has 0 fully saturated rings. The van der Waals surface area contributed by atoms with Crippen LogP contribution in [0.1, 0.15) is 0 Å². The molecule has 9 rings (SSSR count). The van der Waals surface area contributed by atoms with Gasteiger partial charge in [0.2, 0.25) is 0 Å². The van der Waals surface area contributed by atoms with Crippen LogP contribution in [0.2, 0.25) is 0 Å². The number of rotatable bonds is 4. The monoisotopic (exact) mass is 579 g/mol. The zero-order valence-electron chi connectivity index (χ0n) is 23.7. The Balaban J connectivity index is 1.24. The van der Waals surface area contributed by atoms with Crippen molar-refractivity contribution in [3.8, 4) is 39.6 Å². The van der Waals surface area contributed by atoms with Gasteiger partial charge < -0.3 is 4.57 Å². The second-order valence-electron chi connectivity index (χ2n) is 11.0. The number of nitrogens with zero attached hydrogens (tertiary/aromatic N) is 3. The van der Waals surface area contributed by atoms with Crippen LogP contribution in [0.25, 0.3) is 81.6 Å². The summed E-state index contributed by atoms with van der Waals surface area (Å²) in [4.78, 5) is 10.1. The number of hydrogen-bond donors (Lipinski definition) is 0. The molecule has 3 heterocycles. The van der Waals surface area contributed by atoms with Gasteiger partial charge in [-0.1, -0.05) is 109 Å². The minimum Gasteiger partial charge on any atom is -0.308 e.